The van der Waals surface area contributed by atoms with E-state index in [9.17, 15) is 13.6 Å². The van der Waals surface area contributed by atoms with Crippen molar-refractivity contribution in [2.45, 2.75) is 70.7 Å². The van der Waals surface area contributed by atoms with E-state index in [1.165, 1.54) is 12.1 Å². The highest BCUT2D eigenvalue weighted by molar-refractivity contribution is 5.92. The fourth-order valence-electron chi connectivity index (χ4n) is 5.82. The van der Waals surface area contributed by atoms with Gasteiger partial charge in [0.15, 0.2) is 11.4 Å². The minimum absolute atomic E-state index is 0.0219. The van der Waals surface area contributed by atoms with Crippen molar-refractivity contribution in [3.63, 3.8) is 0 Å². The molecule has 2 bridgehead atoms. The molecular formula is C23H27F2NO5. The maximum absolute atomic E-state index is 13.5. The number of hydrogen-bond donors (Lipinski definition) is 1. The molecule has 31 heavy (non-hydrogen) atoms. The summed E-state index contributed by atoms with van der Waals surface area (Å²) in [6, 6.07) is 3.17. The fraction of sp³-hybridized carbons (Fsp3) is 0.609. The lowest BCUT2D eigenvalue weighted by atomic mass is 9.59. The summed E-state index contributed by atoms with van der Waals surface area (Å²) >= 11 is 0. The summed E-state index contributed by atoms with van der Waals surface area (Å²) in [6.45, 7) is 5.90. The van der Waals surface area contributed by atoms with Gasteiger partial charge in [-0.1, -0.05) is 6.92 Å². The molecule has 1 amide bonds. The standard InChI is InChI=1S/C23H27F2NO5/c1-12-4-5-18-13(2)19(20(27)26-11-14-8-15(24)10-16(25)9-14)28-21-23(18)17(12)6-7-22(3,29-21)30-31-23/h8-10,12,17-18,21H,4-7,11H2,1-3H3,(H,26,27)/t12-,17+,18+,21-,22-,23-/m1/s1. The monoisotopic (exact) mass is 435 g/mol. The first-order valence-electron chi connectivity index (χ1n) is 10.9. The molecule has 4 heterocycles. The fourth-order valence-corrected chi connectivity index (χ4v) is 5.82. The van der Waals surface area contributed by atoms with Crippen LogP contribution in [0.1, 0.15) is 52.0 Å². The molecule has 4 fully saturated rings. The van der Waals surface area contributed by atoms with Crippen LogP contribution in [0.4, 0.5) is 8.78 Å². The zero-order chi connectivity index (χ0) is 22.0. The lowest BCUT2D eigenvalue weighted by Gasteiger charge is -2.57. The van der Waals surface area contributed by atoms with Gasteiger partial charge >= 0.3 is 0 Å². The van der Waals surface area contributed by atoms with Crippen LogP contribution in [0, 0.1) is 29.4 Å². The molecule has 8 heteroatoms. The Morgan fingerprint density at radius 3 is 2.65 bits per heavy atom. The maximum Gasteiger partial charge on any atom is 0.286 e. The molecule has 6 atom stereocenters. The van der Waals surface area contributed by atoms with Crippen LogP contribution < -0.4 is 5.32 Å². The second-order valence-electron chi connectivity index (χ2n) is 9.45. The first-order chi connectivity index (χ1) is 14.7. The molecular weight excluding hydrogens is 408 g/mol. The van der Waals surface area contributed by atoms with Crippen LogP contribution in [0.15, 0.2) is 29.5 Å². The van der Waals surface area contributed by atoms with Crippen LogP contribution in [0.25, 0.3) is 0 Å². The molecule has 6 rings (SSSR count). The van der Waals surface area contributed by atoms with Gasteiger partial charge in [-0.15, -0.1) is 0 Å². The van der Waals surface area contributed by atoms with E-state index < -0.39 is 35.2 Å². The largest absolute Gasteiger partial charge is 0.456 e. The molecule has 1 aliphatic carbocycles. The molecule has 1 N–H and O–H groups in total. The number of benzene rings is 1. The first-order valence-corrected chi connectivity index (χ1v) is 10.9. The summed E-state index contributed by atoms with van der Waals surface area (Å²) in [5.41, 5.74) is 0.332. The number of nitrogens with one attached hydrogen (secondary N) is 1. The maximum atomic E-state index is 13.5. The third-order valence-electron chi connectivity index (χ3n) is 7.41. The van der Waals surface area contributed by atoms with Crippen LogP contribution in [0.2, 0.25) is 0 Å². The summed E-state index contributed by atoms with van der Waals surface area (Å²) in [5.74, 6) is -2.03. The quantitative estimate of drug-likeness (QED) is 0.725. The van der Waals surface area contributed by atoms with Gasteiger partial charge in [0.25, 0.3) is 5.91 Å². The zero-order valence-electron chi connectivity index (χ0n) is 17.9. The Morgan fingerprint density at radius 1 is 1.16 bits per heavy atom. The van der Waals surface area contributed by atoms with Crippen LogP contribution in [0.3, 0.4) is 0 Å². The van der Waals surface area contributed by atoms with E-state index in [2.05, 4.69) is 12.2 Å². The third-order valence-corrected chi connectivity index (χ3v) is 7.41. The van der Waals surface area contributed by atoms with Gasteiger partial charge in [0.2, 0.25) is 12.1 Å². The van der Waals surface area contributed by atoms with E-state index in [0.717, 1.165) is 30.9 Å². The second kappa shape index (κ2) is 7.25. The Morgan fingerprint density at radius 2 is 1.90 bits per heavy atom. The SMILES string of the molecule is CC1=C(C(=O)NCc2cc(F)cc(F)c2)O[C@@H]2O[C@@]3(C)CC[C@H]4[C@H](C)CC[C@@H]1[C@@]24OO3. The van der Waals surface area contributed by atoms with Gasteiger partial charge < -0.3 is 14.8 Å². The molecule has 1 spiro atoms. The van der Waals surface area contributed by atoms with Crippen molar-refractivity contribution >= 4 is 5.91 Å². The minimum Gasteiger partial charge on any atom is -0.456 e. The van der Waals surface area contributed by atoms with Crippen molar-refractivity contribution in [2.24, 2.45) is 17.8 Å². The van der Waals surface area contributed by atoms with Crippen LogP contribution in [-0.4, -0.2) is 23.6 Å². The number of halogens is 2. The number of rotatable bonds is 3. The van der Waals surface area contributed by atoms with Gasteiger partial charge in [-0.25, -0.2) is 18.6 Å². The molecule has 168 valence electrons. The summed E-state index contributed by atoms with van der Waals surface area (Å²) in [7, 11) is 0. The number of hydrogen-bond acceptors (Lipinski definition) is 5. The normalized spacial score (nSPS) is 38.9. The van der Waals surface area contributed by atoms with Crippen molar-refractivity contribution < 1.29 is 32.8 Å². The highest BCUT2D eigenvalue weighted by atomic mass is 19.1. The van der Waals surface area contributed by atoms with Gasteiger partial charge in [-0.3, -0.25) is 4.79 Å². The summed E-state index contributed by atoms with van der Waals surface area (Å²) in [4.78, 5) is 24.8. The van der Waals surface area contributed by atoms with E-state index in [0.29, 0.717) is 17.9 Å². The molecule has 6 nitrogen and oxygen atoms in total. The average Bonchev–Trinajstić information content (AvgIpc) is 2.94. The minimum atomic E-state index is -0.927. The highest BCUT2D eigenvalue weighted by Crippen LogP contribution is 2.60. The molecule has 1 aromatic rings. The molecule has 0 aromatic heterocycles. The Labute approximate surface area is 179 Å². The van der Waals surface area contributed by atoms with Gasteiger partial charge in [0.05, 0.1) is 0 Å². The molecule has 3 saturated heterocycles. The number of carbonyl (C=O) groups excluding carboxylic acids is 1. The van der Waals surface area contributed by atoms with E-state index in [1.807, 2.05) is 13.8 Å². The Kier molecular flexibility index (Phi) is 4.88. The van der Waals surface area contributed by atoms with E-state index >= 15 is 0 Å². The van der Waals surface area contributed by atoms with Crippen molar-refractivity contribution in [2.75, 3.05) is 0 Å². The predicted molar refractivity (Wildman–Crippen MR) is 105 cm³/mol. The van der Waals surface area contributed by atoms with Gasteiger partial charge in [-0.05, 0) is 62.3 Å². The van der Waals surface area contributed by atoms with E-state index in [4.69, 9.17) is 19.2 Å². The second-order valence-corrected chi connectivity index (χ2v) is 9.45. The lowest BCUT2D eigenvalue weighted by molar-refractivity contribution is -0.555. The summed E-state index contributed by atoms with van der Waals surface area (Å²) in [6.07, 6.45) is 2.66. The Balaban J connectivity index is 1.44. The molecule has 4 aliphatic heterocycles. The van der Waals surface area contributed by atoms with Crippen molar-refractivity contribution in [3.8, 4) is 0 Å². The lowest BCUT2D eigenvalue weighted by Crippen LogP contribution is -2.67. The topological polar surface area (TPSA) is 66.0 Å². The molecule has 0 radical (unpaired) electrons. The molecule has 5 aliphatic rings. The van der Waals surface area contributed by atoms with Gasteiger partial charge in [0, 0.05) is 30.9 Å². The smallest absolute Gasteiger partial charge is 0.286 e. The van der Waals surface area contributed by atoms with Crippen molar-refractivity contribution in [3.05, 3.63) is 46.7 Å². The van der Waals surface area contributed by atoms with Crippen molar-refractivity contribution in [1.82, 2.24) is 5.32 Å². The third kappa shape index (κ3) is 3.27. The predicted octanol–water partition coefficient (Wildman–Crippen LogP) is 4.10. The van der Waals surface area contributed by atoms with Crippen LogP contribution in [0.5, 0.6) is 0 Å². The van der Waals surface area contributed by atoms with E-state index in [-0.39, 0.29) is 24.1 Å². The first kappa shape index (κ1) is 20.8. The molecule has 1 aromatic carbocycles. The Bertz CT molecular complexity index is 932. The summed E-state index contributed by atoms with van der Waals surface area (Å²) < 4.78 is 39.3. The number of carbonyl (C=O) groups is 1. The van der Waals surface area contributed by atoms with Crippen LogP contribution in [-0.2, 0) is 30.6 Å². The number of amides is 1. The highest BCUT2D eigenvalue weighted by Gasteiger charge is 2.68. The zero-order valence-corrected chi connectivity index (χ0v) is 17.9. The average molecular weight is 435 g/mol. The number of ether oxygens (including phenoxy) is 2. The number of fused-ring (bicyclic) bond motifs is 2. The van der Waals surface area contributed by atoms with Gasteiger partial charge in [0.1, 0.15) is 11.6 Å². The Hall–Kier alpha value is -2.03. The van der Waals surface area contributed by atoms with E-state index in [1.54, 1.807) is 0 Å². The van der Waals surface area contributed by atoms with Crippen molar-refractivity contribution in [1.29, 1.82) is 0 Å². The van der Waals surface area contributed by atoms with Gasteiger partial charge in [-0.2, -0.15) is 0 Å². The molecule has 1 saturated carbocycles. The summed E-state index contributed by atoms with van der Waals surface area (Å²) in [5, 5.41) is 2.72. The van der Waals surface area contributed by atoms with Crippen LogP contribution >= 0.6 is 0 Å². The molecule has 0 unspecified atom stereocenters.